The van der Waals surface area contributed by atoms with Gasteiger partial charge in [-0.25, -0.2) is 4.99 Å². The van der Waals surface area contributed by atoms with Crippen LogP contribution in [0.25, 0.3) is 0 Å². The average Bonchev–Trinajstić information content (AvgIpc) is 2.73. The van der Waals surface area contributed by atoms with Crippen molar-refractivity contribution in [2.45, 2.75) is 63.6 Å². The Bertz CT molecular complexity index is 353. The Balaban J connectivity index is 2.08. The lowest BCUT2D eigenvalue weighted by Gasteiger charge is -2.42. The number of aliphatic hydroxyl groups excluding tert-OH is 2. The minimum Gasteiger partial charge on any atom is -0.460 e. The first kappa shape index (κ1) is 14.6. The molecule has 0 aromatic carbocycles. The fourth-order valence-electron chi connectivity index (χ4n) is 2.80. The molecule has 2 rings (SSSR count). The maximum atomic E-state index is 10.1. The van der Waals surface area contributed by atoms with Gasteiger partial charge in [-0.15, -0.1) is 0 Å². The first-order valence-electron chi connectivity index (χ1n) is 6.91. The van der Waals surface area contributed by atoms with Gasteiger partial charge in [0, 0.05) is 12.5 Å². The van der Waals surface area contributed by atoms with E-state index in [0.29, 0.717) is 12.4 Å². The highest BCUT2D eigenvalue weighted by Gasteiger charge is 2.51. The molecule has 19 heavy (non-hydrogen) atoms. The van der Waals surface area contributed by atoms with E-state index in [0.717, 1.165) is 13.0 Å². The molecule has 0 bridgehead atoms. The normalized spacial score (nSPS) is 38.4. The van der Waals surface area contributed by atoms with E-state index in [2.05, 4.69) is 10.3 Å². The number of nitrogens with zero attached hydrogens (tertiary/aromatic N) is 1. The predicted octanol–water partition coefficient (Wildman–Crippen LogP) is -0.378. The van der Waals surface area contributed by atoms with E-state index >= 15 is 0 Å². The molecular weight excluding hydrogens is 248 g/mol. The summed E-state index contributed by atoms with van der Waals surface area (Å²) in [7, 11) is 0. The molecular formula is C13H24N2O4. The van der Waals surface area contributed by atoms with Gasteiger partial charge in [0.2, 0.25) is 0 Å². The quantitative estimate of drug-likeness (QED) is 0.562. The van der Waals surface area contributed by atoms with Crippen LogP contribution >= 0.6 is 0 Å². The molecule has 0 aromatic rings. The van der Waals surface area contributed by atoms with E-state index in [-0.39, 0.29) is 6.10 Å². The Morgan fingerprint density at radius 3 is 2.63 bits per heavy atom. The summed E-state index contributed by atoms with van der Waals surface area (Å²) in [5.41, 5.74) is -1.06. The fraction of sp³-hybridized carbons (Fsp3) is 0.923. The molecule has 0 unspecified atom stereocenters. The van der Waals surface area contributed by atoms with Crippen molar-refractivity contribution in [2.75, 3.05) is 6.54 Å². The molecule has 110 valence electrons. The zero-order valence-corrected chi connectivity index (χ0v) is 11.7. The first-order chi connectivity index (χ1) is 8.84. The van der Waals surface area contributed by atoms with Gasteiger partial charge in [-0.05, 0) is 26.7 Å². The molecule has 5 atom stereocenters. The Morgan fingerprint density at radius 1 is 1.37 bits per heavy atom. The number of ether oxygens (including phenoxy) is 1. The third-order valence-corrected chi connectivity index (χ3v) is 3.94. The van der Waals surface area contributed by atoms with Crippen molar-refractivity contribution in [3.05, 3.63) is 0 Å². The number of amidine groups is 1. The van der Waals surface area contributed by atoms with Crippen LogP contribution in [0.15, 0.2) is 4.99 Å². The van der Waals surface area contributed by atoms with Gasteiger partial charge in [0.05, 0.1) is 11.7 Å². The smallest absolute Gasteiger partial charge is 0.285 e. The molecule has 1 fully saturated rings. The third kappa shape index (κ3) is 2.85. The number of nitrogens with one attached hydrogen (secondary N) is 1. The van der Waals surface area contributed by atoms with Crippen LogP contribution < -0.4 is 5.32 Å². The van der Waals surface area contributed by atoms with Crippen molar-refractivity contribution in [3.63, 3.8) is 0 Å². The first-order valence-corrected chi connectivity index (χ1v) is 6.91. The van der Waals surface area contributed by atoms with Crippen LogP contribution in [-0.2, 0) is 4.74 Å². The fourth-order valence-corrected chi connectivity index (χ4v) is 2.80. The topological polar surface area (TPSA) is 94.3 Å². The van der Waals surface area contributed by atoms with Gasteiger partial charge in [-0.1, -0.05) is 6.92 Å². The highest BCUT2D eigenvalue weighted by Crippen LogP contribution is 2.37. The van der Waals surface area contributed by atoms with E-state index < -0.39 is 29.8 Å². The van der Waals surface area contributed by atoms with Gasteiger partial charge in [0.15, 0.2) is 0 Å². The van der Waals surface area contributed by atoms with Crippen LogP contribution in [0.5, 0.6) is 0 Å². The van der Waals surface area contributed by atoms with Crippen LogP contribution in [0.1, 0.15) is 33.6 Å². The standard InChI is InChI=1S/C13H24N2O4/c1-4-5-14-12-15-9-8(19-12)6-7(13(2,3)18)10(16)11(9)17/h7-11,16-18H,4-6H2,1-3H3,(H,14,15)/t7-,8-,9-,10+,11+/m0/s1. The van der Waals surface area contributed by atoms with E-state index in [1.54, 1.807) is 13.8 Å². The van der Waals surface area contributed by atoms with Gasteiger partial charge in [-0.2, -0.15) is 0 Å². The van der Waals surface area contributed by atoms with Crippen molar-refractivity contribution < 1.29 is 20.1 Å². The second kappa shape index (κ2) is 5.26. The minimum atomic E-state index is -1.06. The highest BCUT2D eigenvalue weighted by molar-refractivity contribution is 5.75. The lowest BCUT2D eigenvalue weighted by Crippen LogP contribution is -2.57. The van der Waals surface area contributed by atoms with Gasteiger partial charge < -0.3 is 25.4 Å². The number of hydrogen-bond acceptors (Lipinski definition) is 6. The highest BCUT2D eigenvalue weighted by atomic mass is 16.5. The summed E-state index contributed by atoms with van der Waals surface area (Å²) >= 11 is 0. The molecule has 1 saturated carbocycles. The molecule has 6 heteroatoms. The summed E-state index contributed by atoms with van der Waals surface area (Å²) in [5, 5.41) is 33.4. The van der Waals surface area contributed by atoms with Crippen LogP contribution in [0.4, 0.5) is 0 Å². The minimum absolute atomic E-state index is 0.283. The SMILES string of the molecule is CCCNC1=N[C@@H]2[C@@H](O)[C@H](O)[C@@H](C(C)(C)O)C[C@@H]2O1. The lowest BCUT2D eigenvalue weighted by molar-refractivity contribution is -0.140. The molecule has 0 saturated heterocycles. The van der Waals surface area contributed by atoms with Crippen molar-refractivity contribution in [1.82, 2.24) is 5.32 Å². The summed E-state index contributed by atoms with van der Waals surface area (Å²) in [4.78, 5) is 4.29. The lowest BCUT2D eigenvalue weighted by atomic mass is 9.72. The second-order valence-corrected chi connectivity index (χ2v) is 5.98. The number of aliphatic imine (C=N–C) groups is 1. The maximum Gasteiger partial charge on any atom is 0.285 e. The molecule has 4 N–H and O–H groups in total. The van der Waals surface area contributed by atoms with Crippen molar-refractivity contribution in [3.8, 4) is 0 Å². The van der Waals surface area contributed by atoms with Gasteiger partial charge in [0.1, 0.15) is 18.2 Å². The summed E-state index contributed by atoms with van der Waals surface area (Å²) in [6, 6.07) is -0.0209. The molecule has 0 spiro atoms. The predicted molar refractivity (Wildman–Crippen MR) is 70.8 cm³/mol. The number of hydrogen-bond donors (Lipinski definition) is 4. The van der Waals surface area contributed by atoms with E-state index in [9.17, 15) is 15.3 Å². The Kier molecular flexibility index (Phi) is 4.03. The monoisotopic (exact) mass is 272 g/mol. The number of aliphatic hydroxyl groups is 3. The molecule has 1 aliphatic carbocycles. The molecule has 2 aliphatic rings. The summed E-state index contributed by atoms with van der Waals surface area (Å²) in [5.74, 6) is -0.426. The molecule has 0 radical (unpaired) electrons. The van der Waals surface area contributed by atoms with Crippen LogP contribution in [0, 0.1) is 5.92 Å². The van der Waals surface area contributed by atoms with Gasteiger partial charge in [0.25, 0.3) is 6.02 Å². The molecule has 1 aliphatic heterocycles. The zero-order chi connectivity index (χ0) is 14.2. The van der Waals surface area contributed by atoms with Crippen LogP contribution in [0.3, 0.4) is 0 Å². The molecule has 1 heterocycles. The second-order valence-electron chi connectivity index (χ2n) is 5.98. The molecule has 6 nitrogen and oxygen atoms in total. The Morgan fingerprint density at radius 2 is 2.05 bits per heavy atom. The Labute approximate surface area is 113 Å². The van der Waals surface area contributed by atoms with Crippen LogP contribution in [-0.4, -0.2) is 57.8 Å². The van der Waals surface area contributed by atoms with E-state index in [4.69, 9.17) is 4.74 Å². The summed E-state index contributed by atoms with van der Waals surface area (Å²) in [6.07, 6.45) is -0.841. The molecule has 0 aromatic heterocycles. The molecule has 0 amide bonds. The zero-order valence-electron chi connectivity index (χ0n) is 11.7. The van der Waals surface area contributed by atoms with Crippen LogP contribution in [0.2, 0.25) is 0 Å². The number of rotatable bonds is 3. The third-order valence-electron chi connectivity index (χ3n) is 3.94. The van der Waals surface area contributed by atoms with E-state index in [1.807, 2.05) is 6.92 Å². The van der Waals surface area contributed by atoms with Gasteiger partial charge >= 0.3 is 0 Å². The van der Waals surface area contributed by atoms with Gasteiger partial charge in [-0.3, -0.25) is 0 Å². The summed E-state index contributed by atoms with van der Waals surface area (Å²) in [6.45, 7) is 6.07. The van der Waals surface area contributed by atoms with E-state index in [1.165, 1.54) is 0 Å². The average molecular weight is 272 g/mol. The van der Waals surface area contributed by atoms with Crippen molar-refractivity contribution in [2.24, 2.45) is 10.9 Å². The van der Waals surface area contributed by atoms with Crippen molar-refractivity contribution in [1.29, 1.82) is 0 Å². The summed E-state index contributed by atoms with van der Waals surface area (Å²) < 4.78 is 5.67. The number of fused-ring (bicyclic) bond motifs is 1. The largest absolute Gasteiger partial charge is 0.460 e. The van der Waals surface area contributed by atoms with Crippen molar-refractivity contribution >= 4 is 6.02 Å². The maximum absolute atomic E-state index is 10.1. The Hall–Kier alpha value is -0.850.